The second kappa shape index (κ2) is 5.86. The topological polar surface area (TPSA) is 92.7 Å². The lowest BCUT2D eigenvalue weighted by molar-refractivity contribution is 0.0696. The Bertz CT molecular complexity index is 653. The van der Waals surface area contributed by atoms with Crippen LogP contribution < -0.4 is 9.46 Å². The first kappa shape index (κ1) is 16.1. The fraction of sp³-hybridized carbons (Fsp3) is 0.462. The molecule has 1 fully saturated rings. The number of aromatic carboxylic acids is 1. The van der Waals surface area contributed by atoms with Crippen LogP contribution in [0.3, 0.4) is 0 Å². The van der Waals surface area contributed by atoms with Gasteiger partial charge in [0, 0.05) is 11.3 Å². The molecule has 0 amide bonds. The number of methoxy groups -OCH3 is 1. The van der Waals surface area contributed by atoms with Crippen molar-refractivity contribution in [3.63, 3.8) is 0 Å². The van der Waals surface area contributed by atoms with Crippen molar-refractivity contribution in [2.24, 2.45) is 0 Å². The van der Waals surface area contributed by atoms with E-state index in [-0.39, 0.29) is 21.0 Å². The largest absolute Gasteiger partial charge is 0.495 e. The number of sulfonamides is 1. The van der Waals surface area contributed by atoms with Gasteiger partial charge < -0.3 is 9.84 Å². The van der Waals surface area contributed by atoms with Gasteiger partial charge >= 0.3 is 5.97 Å². The lowest BCUT2D eigenvalue weighted by atomic mass is 10.2. The average molecular weight is 331 g/mol. The van der Waals surface area contributed by atoms with Crippen LogP contribution in [0.25, 0.3) is 0 Å². The molecule has 2 N–H and O–H groups in total. The van der Waals surface area contributed by atoms with Gasteiger partial charge in [0.15, 0.2) is 0 Å². The molecule has 116 valence electrons. The van der Waals surface area contributed by atoms with Crippen LogP contribution in [0.2, 0.25) is 0 Å². The summed E-state index contributed by atoms with van der Waals surface area (Å²) in [5.74, 6) is -1.06. The fourth-order valence-corrected chi connectivity index (χ4v) is 4.05. The highest BCUT2D eigenvalue weighted by molar-refractivity contribution is 8.00. The van der Waals surface area contributed by atoms with Crippen LogP contribution in [-0.2, 0) is 10.0 Å². The van der Waals surface area contributed by atoms with Gasteiger partial charge in [0.25, 0.3) is 0 Å². The van der Waals surface area contributed by atoms with Crippen molar-refractivity contribution in [1.82, 2.24) is 4.72 Å². The molecule has 0 unspecified atom stereocenters. The summed E-state index contributed by atoms with van der Waals surface area (Å²) in [4.78, 5) is 10.8. The molecule has 21 heavy (non-hydrogen) atoms. The van der Waals surface area contributed by atoms with Gasteiger partial charge in [-0.2, -0.15) is 11.8 Å². The summed E-state index contributed by atoms with van der Waals surface area (Å²) < 4.78 is 32.3. The zero-order valence-corrected chi connectivity index (χ0v) is 13.4. The lowest BCUT2D eigenvalue weighted by Crippen LogP contribution is -2.32. The van der Waals surface area contributed by atoms with Gasteiger partial charge in [-0.3, -0.25) is 0 Å². The normalized spacial score (nSPS) is 16.5. The Hall–Kier alpha value is -1.25. The number of hydrogen-bond acceptors (Lipinski definition) is 5. The maximum absolute atomic E-state index is 12.4. The summed E-state index contributed by atoms with van der Waals surface area (Å²) in [5.41, 5.74) is -0.0952. The molecule has 1 aromatic carbocycles. The van der Waals surface area contributed by atoms with Crippen LogP contribution in [0.15, 0.2) is 23.1 Å². The summed E-state index contributed by atoms with van der Waals surface area (Å²) in [6.45, 7) is 0.330. The third kappa shape index (κ3) is 3.50. The molecule has 8 heteroatoms. The van der Waals surface area contributed by atoms with E-state index in [1.807, 2.05) is 6.26 Å². The Balaban J connectivity index is 2.29. The molecule has 0 aliphatic heterocycles. The minimum Gasteiger partial charge on any atom is -0.495 e. The molecule has 0 spiro atoms. The summed E-state index contributed by atoms with van der Waals surface area (Å²) in [5, 5.41) is 8.99. The van der Waals surface area contributed by atoms with E-state index in [1.54, 1.807) is 11.8 Å². The molecular weight excluding hydrogens is 314 g/mol. The van der Waals surface area contributed by atoms with E-state index in [1.165, 1.54) is 19.2 Å². The highest BCUT2D eigenvalue weighted by atomic mass is 32.2. The Morgan fingerprint density at radius 3 is 2.62 bits per heavy atom. The third-order valence-electron chi connectivity index (χ3n) is 3.53. The highest BCUT2D eigenvalue weighted by Gasteiger charge is 2.42. The van der Waals surface area contributed by atoms with Crippen LogP contribution in [0.4, 0.5) is 0 Å². The number of benzene rings is 1. The molecule has 0 radical (unpaired) electrons. The van der Waals surface area contributed by atoms with E-state index in [4.69, 9.17) is 9.84 Å². The highest BCUT2D eigenvalue weighted by Crippen LogP contribution is 2.46. The summed E-state index contributed by atoms with van der Waals surface area (Å²) in [6, 6.07) is 3.77. The smallest absolute Gasteiger partial charge is 0.335 e. The first-order valence-corrected chi connectivity index (χ1v) is 9.00. The van der Waals surface area contributed by atoms with Gasteiger partial charge in [-0.05, 0) is 37.3 Å². The second-order valence-electron chi connectivity index (χ2n) is 4.88. The van der Waals surface area contributed by atoms with Crippen molar-refractivity contribution in [3.8, 4) is 5.75 Å². The average Bonchev–Trinajstić information content (AvgIpc) is 3.25. The molecule has 0 heterocycles. The molecule has 2 rings (SSSR count). The van der Waals surface area contributed by atoms with Crippen LogP contribution >= 0.6 is 11.8 Å². The number of thioether (sulfide) groups is 1. The maximum atomic E-state index is 12.4. The van der Waals surface area contributed by atoms with Gasteiger partial charge in [0.2, 0.25) is 10.0 Å². The van der Waals surface area contributed by atoms with Gasteiger partial charge in [0.1, 0.15) is 10.6 Å². The standard InChI is InChI=1S/C13H17NO5S2/c1-19-10-4-3-9(12(15)16)7-11(10)21(17,18)14-8-13(20-2)5-6-13/h3-4,7,14H,5-6,8H2,1-2H3,(H,15,16). The van der Waals surface area contributed by atoms with E-state index in [9.17, 15) is 13.2 Å². The van der Waals surface area contributed by atoms with Gasteiger partial charge in [-0.15, -0.1) is 0 Å². The molecule has 0 saturated heterocycles. The van der Waals surface area contributed by atoms with Gasteiger partial charge in [0.05, 0.1) is 12.7 Å². The van der Waals surface area contributed by atoms with E-state index in [0.29, 0.717) is 6.54 Å². The molecule has 1 saturated carbocycles. The van der Waals surface area contributed by atoms with Crippen molar-refractivity contribution in [1.29, 1.82) is 0 Å². The number of carboxylic acids is 1. The number of carboxylic acid groups (broad SMARTS) is 1. The van der Waals surface area contributed by atoms with E-state index in [2.05, 4.69) is 4.72 Å². The third-order valence-corrected chi connectivity index (χ3v) is 6.37. The van der Waals surface area contributed by atoms with Crippen LogP contribution in [0.1, 0.15) is 23.2 Å². The summed E-state index contributed by atoms with van der Waals surface area (Å²) in [6.07, 6.45) is 3.90. The summed E-state index contributed by atoms with van der Waals surface area (Å²) in [7, 11) is -2.47. The first-order chi connectivity index (χ1) is 9.83. The Kier molecular flexibility index (Phi) is 4.50. The summed E-state index contributed by atoms with van der Waals surface area (Å²) >= 11 is 1.64. The molecule has 0 bridgehead atoms. The predicted octanol–water partition coefficient (Wildman–Crippen LogP) is 1.57. The number of carbonyl (C=O) groups is 1. The van der Waals surface area contributed by atoms with Crippen LogP contribution in [0.5, 0.6) is 5.75 Å². The molecule has 1 aliphatic carbocycles. The zero-order chi connectivity index (χ0) is 15.7. The first-order valence-electron chi connectivity index (χ1n) is 6.30. The SMILES string of the molecule is COc1ccc(C(=O)O)cc1S(=O)(=O)NCC1(SC)CC1. The van der Waals surface area contributed by atoms with Crippen molar-refractivity contribution in [3.05, 3.63) is 23.8 Å². The zero-order valence-electron chi connectivity index (χ0n) is 11.8. The number of ether oxygens (including phenoxy) is 1. The van der Waals surface area contributed by atoms with Crippen LogP contribution in [0, 0.1) is 0 Å². The second-order valence-corrected chi connectivity index (χ2v) is 7.89. The maximum Gasteiger partial charge on any atom is 0.335 e. The van der Waals surface area contributed by atoms with Gasteiger partial charge in [-0.25, -0.2) is 17.9 Å². The molecule has 0 aromatic heterocycles. The molecule has 0 atom stereocenters. The monoisotopic (exact) mass is 331 g/mol. The quantitative estimate of drug-likeness (QED) is 0.788. The number of nitrogens with one attached hydrogen (secondary N) is 1. The van der Waals surface area contributed by atoms with Crippen molar-refractivity contribution in [2.75, 3.05) is 19.9 Å². The van der Waals surface area contributed by atoms with E-state index < -0.39 is 16.0 Å². The van der Waals surface area contributed by atoms with Crippen molar-refractivity contribution < 1.29 is 23.1 Å². The number of hydrogen-bond donors (Lipinski definition) is 2. The minimum atomic E-state index is -3.81. The van der Waals surface area contributed by atoms with E-state index >= 15 is 0 Å². The van der Waals surface area contributed by atoms with Crippen LogP contribution in [-0.4, -0.2) is 44.2 Å². The lowest BCUT2D eigenvalue weighted by Gasteiger charge is -2.15. The molecule has 6 nitrogen and oxygen atoms in total. The molecular formula is C13H17NO5S2. The molecule has 1 aromatic rings. The molecule has 1 aliphatic rings. The Morgan fingerprint density at radius 2 is 2.14 bits per heavy atom. The fourth-order valence-electron chi connectivity index (χ4n) is 1.92. The Labute approximate surface area is 127 Å². The minimum absolute atomic E-state index is 0.0231. The van der Waals surface area contributed by atoms with Gasteiger partial charge in [-0.1, -0.05) is 0 Å². The number of rotatable bonds is 7. The van der Waals surface area contributed by atoms with E-state index in [0.717, 1.165) is 18.9 Å². The Morgan fingerprint density at radius 1 is 1.48 bits per heavy atom. The predicted molar refractivity (Wildman–Crippen MR) is 80.6 cm³/mol. The van der Waals surface area contributed by atoms with Crippen molar-refractivity contribution >= 4 is 27.8 Å². The van der Waals surface area contributed by atoms with Crippen molar-refractivity contribution in [2.45, 2.75) is 22.5 Å².